The van der Waals surface area contributed by atoms with Gasteiger partial charge in [0.2, 0.25) is 0 Å². The van der Waals surface area contributed by atoms with Gasteiger partial charge in [-0.05, 0) is 30.7 Å². The van der Waals surface area contributed by atoms with Crippen LogP contribution >= 0.6 is 0 Å². The molecule has 1 saturated heterocycles. The molecule has 2 aromatic carbocycles. The SMILES string of the molecule is CC(c1ccccc1)N1CCN(C(=O)c2cccc(C(=O)O)c2)CC1. The van der Waals surface area contributed by atoms with Gasteiger partial charge in [-0.1, -0.05) is 36.4 Å². The van der Waals surface area contributed by atoms with E-state index < -0.39 is 5.97 Å². The molecule has 1 aliphatic heterocycles. The van der Waals surface area contributed by atoms with Crippen LogP contribution in [0.3, 0.4) is 0 Å². The Kier molecular flexibility index (Phi) is 5.14. The number of amides is 1. The van der Waals surface area contributed by atoms with E-state index in [2.05, 4.69) is 24.0 Å². The van der Waals surface area contributed by atoms with E-state index in [0.717, 1.165) is 13.1 Å². The van der Waals surface area contributed by atoms with Gasteiger partial charge in [0.25, 0.3) is 5.91 Å². The standard InChI is InChI=1S/C20H22N2O3/c1-15(16-6-3-2-4-7-16)21-10-12-22(13-11-21)19(23)17-8-5-9-18(14-17)20(24)25/h2-9,14-15H,10-13H2,1H3,(H,24,25). The molecule has 5 heteroatoms. The first-order chi connectivity index (χ1) is 12.1. The largest absolute Gasteiger partial charge is 0.478 e. The average molecular weight is 338 g/mol. The molecule has 25 heavy (non-hydrogen) atoms. The fourth-order valence-electron chi connectivity index (χ4n) is 3.22. The first kappa shape index (κ1) is 17.2. The van der Waals surface area contributed by atoms with E-state index in [4.69, 9.17) is 5.11 Å². The minimum absolute atomic E-state index is 0.102. The van der Waals surface area contributed by atoms with Crippen LogP contribution in [-0.4, -0.2) is 53.0 Å². The normalized spacial score (nSPS) is 16.4. The minimum atomic E-state index is -1.02. The number of hydrogen-bond donors (Lipinski definition) is 1. The number of rotatable bonds is 4. The predicted molar refractivity (Wildman–Crippen MR) is 95.7 cm³/mol. The van der Waals surface area contributed by atoms with Crippen LogP contribution in [0.2, 0.25) is 0 Å². The number of nitrogens with zero attached hydrogens (tertiary/aromatic N) is 2. The van der Waals surface area contributed by atoms with Crippen LogP contribution in [0.15, 0.2) is 54.6 Å². The maximum absolute atomic E-state index is 12.6. The summed E-state index contributed by atoms with van der Waals surface area (Å²) < 4.78 is 0. The van der Waals surface area contributed by atoms with Crippen molar-refractivity contribution in [2.45, 2.75) is 13.0 Å². The number of carboxylic acid groups (broad SMARTS) is 1. The lowest BCUT2D eigenvalue weighted by Gasteiger charge is -2.38. The van der Waals surface area contributed by atoms with Gasteiger partial charge < -0.3 is 10.0 Å². The summed E-state index contributed by atoms with van der Waals surface area (Å²) in [6, 6.07) is 16.9. The Hall–Kier alpha value is -2.66. The molecule has 0 aromatic heterocycles. The van der Waals surface area contributed by atoms with Crippen molar-refractivity contribution >= 4 is 11.9 Å². The number of carbonyl (C=O) groups is 2. The van der Waals surface area contributed by atoms with Crippen molar-refractivity contribution in [3.8, 4) is 0 Å². The smallest absolute Gasteiger partial charge is 0.335 e. The van der Waals surface area contributed by atoms with Crippen molar-refractivity contribution in [3.05, 3.63) is 71.3 Å². The van der Waals surface area contributed by atoms with Gasteiger partial charge in [-0.2, -0.15) is 0 Å². The van der Waals surface area contributed by atoms with E-state index in [-0.39, 0.29) is 11.5 Å². The van der Waals surface area contributed by atoms with E-state index in [1.165, 1.54) is 17.7 Å². The maximum atomic E-state index is 12.6. The summed E-state index contributed by atoms with van der Waals surface area (Å²) in [5.41, 5.74) is 1.85. The van der Waals surface area contributed by atoms with E-state index in [0.29, 0.717) is 24.7 Å². The maximum Gasteiger partial charge on any atom is 0.335 e. The van der Waals surface area contributed by atoms with Gasteiger partial charge in [-0.25, -0.2) is 4.79 Å². The molecule has 0 bridgehead atoms. The number of hydrogen-bond acceptors (Lipinski definition) is 3. The van der Waals surface area contributed by atoms with Crippen LogP contribution < -0.4 is 0 Å². The molecule has 1 atom stereocenters. The molecule has 3 rings (SSSR count). The zero-order valence-corrected chi connectivity index (χ0v) is 14.3. The first-order valence-electron chi connectivity index (χ1n) is 8.48. The van der Waals surface area contributed by atoms with Crippen LogP contribution in [0, 0.1) is 0 Å². The molecule has 130 valence electrons. The molecule has 0 radical (unpaired) electrons. The third kappa shape index (κ3) is 3.88. The molecule has 1 aliphatic rings. The molecule has 1 fully saturated rings. The molecule has 1 unspecified atom stereocenters. The first-order valence-corrected chi connectivity index (χ1v) is 8.48. The molecule has 1 N–H and O–H groups in total. The average Bonchev–Trinajstić information content (AvgIpc) is 2.67. The van der Waals surface area contributed by atoms with Crippen molar-refractivity contribution in [2.75, 3.05) is 26.2 Å². The monoisotopic (exact) mass is 338 g/mol. The Bertz CT molecular complexity index is 753. The van der Waals surface area contributed by atoms with Crippen LogP contribution in [0.1, 0.15) is 39.2 Å². The van der Waals surface area contributed by atoms with Crippen molar-refractivity contribution < 1.29 is 14.7 Å². The zero-order valence-electron chi connectivity index (χ0n) is 14.3. The summed E-state index contributed by atoms with van der Waals surface area (Å²) in [5, 5.41) is 9.07. The lowest BCUT2D eigenvalue weighted by Crippen LogP contribution is -2.49. The highest BCUT2D eigenvalue weighted by molar-refractivity contribution is 5.97. The Balaban J connectivity index is 1.63. The number of piperazine rings is 1. The van der Waals surface area contributed by atoms with Crippen molar-refractivity contribution in [3.63, 3.8) is 0 Å². The number of carbonyl (C=O) groups excluding carboxylic acids is 1. The Morgan fingerprint density at radius 3 is 2.20 bits per heavy atom. The lowest BCUT2D eigenvalue weighted by molar-refractivity contribution is 0.0582. The molecular formula is C20H22N2O3. The van der Waals surface area contributed by atoms with E-state index in [1.54, 1.807) is 17.0 Å². The second-order valence-corrected chi connectivity index (χ2v) is 6.30. The number of benzene rings is 2. The Labute approximate surface area is 147 Å². The third-order valence-corrected chi connectivity index (χ3v) is 4.79. The molecule has 1 amide bonds. The van der Waals surface area contributed by atoms with Gasteiger partial charge in [0, 0.05) is 37.8 Å². The summed E-state index contributed by atoms with van der Waals surface area (Å²) in [7, 11) is 0. The fourth-order valence-corrected chi connectivity index (χ4v) is 3.22. The van der Waals surface area contributed by atoms with Gasteiger partial charge in [-0.15, -0.1) is 0 Å². The third-order valence-electron chi connectivity index (χ3n) is 4.79. The quantitative estimate of drug-likeness (QED) is 0.931. The van der Waals surface area contributed by atoms with E-state index in [9.17, 15) is 9.59 Å². The fraction of sp³-hybridized carbons (Fsp3) is 0.300. The van der Waals surface area contributed by atoms with E-state index in [1.807, 2.05) is 18.2 Å². The second kappa shape index (κ2) is 7.49. The molecule has 1 heterocycles. The highest BCUT2D eigenvalue weighted by atomic mass is 16.4. The van der Waals surface area contributed by atoms with Crippen molar-refractivity contribution in [1.82, 2.24) is 9.80 Å². The van der Waals surface area contributed by atoms with Gasteiger partial charge >= 0.3 is 5.97 Å². The summed E-state index contributed by atoms with van der Waals surface area (Å²) in [5.74, 6) is -1.12. The van der Waals surface area contributed by atoms with Crippen molar-refractivity contribution in [1.29, 1.82) is 0 Å². The minimum Gasteiger partial charge on any atom is -0.478 e. The van der Waals surface area contributed by atoms with Gasteiger partial charge in [0.15, 0.2) is 0 Å². The summed E-state index contributed by atoms with van der Waals surface area (Å²) in [6.45, 7) is 5.09. The number of aromatic carboxylic acids is 1. The van der Waals surface area contributed by atoms with Gasteiger partial charge in [-0.3, -0.25) is 9.69 Å². The van der Waals surface area contributed by atoms with E-state index >= 15 is 0 Å². The molecule has 5 nitrogen and oxygen atoms in total. The molecule has 2 aromatic rings. The molecule has 0 spiro atoms. The van der Waals surface area contributed by atoms with Gasteiger partial charge in [0.1, 0.15) is 0 Å². The number of carboxylic acids is 1. The highest BCUT2D eigenvalue weighted by Gasteiger charge is 2.25. The summed E-state index contributed by atoms with van der Waals surface area (Å²) >= 11 is 0. The lowest BCUT2D eigenvalue weighted by atomic mass is 10.1. The predicted octanol–water partition coefficient (Wildman–Crippen LogP) is 2.90. The van der Waals surface area contributed by atoms with Crippen LogP contribution in [0.4, 0.5) is 0 Å². The molecule has 0 aliphatic carbocycles. The van der Waals surface area contributed by atoms with Crippen LogP contribution in [-0.2, 0) is 0 Å². The molecular weight excluding hydrogens is 316 g/mol. The second-order valence-electron chi connectivity index (χ2n) is 6.30. The zero-order chi connectivity index (χ0) is 17.8. The van der Waals surface area contributed by atoms with Crippen LogP contribution in [0.5, 0.6) is 0 Å². The summed E-state index contributed by atoms with van der Waals surface area (Å²) in [4.78, 5) is 27.9. The highest BCUT2D eigenvalue weighted by Crippen LogP contribution is 2.22. The topological polar surface area (TPSA) is 60.9 Å². The molecule has 0 saturated carbocycles. The Morgan fingerprint density at radius 2 is 1.56 bits per heavy atom. The Morgan fingerprint density at radius 1 is 0.920 bits per heavy atom. The van der Waals surface area contributed by atoms with Crippen molar-refractivity contribution in [2.24, 2.45) is 0 Å². The van der Waals surface area contributed by atoms with Gasteiger partial charge in [0.05, 0.1) is 5.56 Å². The van der Waals surface area contributed by atoms with Crippen LogP contribution in [0.25, 0.3) is 0 Å². The summed E-state index contributed by atoms with van der Waals surface area (Å²) in [6.07, 6.45) is 0.